The molecule has 4 rings (SSSR count). The molecule has 0 aromatic carbocycles. The Morgan fingerprint density at radius 3 is 2.91 bits per heavy atom. The first kappa shape index (κ1) is 23.1. The van der Waals surface area contributed by atoms with Gasteiger partial charge in [0.05, 0.1) is 35.6 Å². The number of carboxylic acid groups (broad SMARTS) is 1. The van der Waals surface area contributed by atoms with Gasteiger partial charge in [0.25, 0.3) is 0 Å². The van der Waals surface area contributed by atoms with Gasteiger partial charge in [-0.3, -0.25) is 4.79 Å². The van der Waals surface area contributed by atoms with Gasteiger partial charge in [0.1, 0.15) is 16.5 Å². The second-order valence-electron chi connectivity index (χ2n) is 8.33. The number of nitrogens with one attached hydrogen (secondary N) is 1. The number of nitrogens with zero attached hydrogens (tertiary/aromatic N) is 6. The van der Waals surface area contributed by atoms with Gasteiger partial charge in [-0.25, -0.2) is 9.67 Å². The Balaban J connectivity index is 1.46. The molecule has 2 N–H and O–H groups in total. The lowest BCUT2D eigenvalue weighted by Gasteiger charge is -2.27. The number of aryl methyl sites for hydroxylation is 3. The molecule has 0 spiro atoms. The van der Waals surface area contributed by atoms with E-state index in [4.69, 9.17) is 9.72 Å². The molecule has 11 heteroatoms. The summed E-state index contributed by atoms with van der Waals surface area (Å²) in [6.45, 7) is 4.51. The van der Waals surface area contributed by atoms with Crippen LogP contribution >= 0.6 is 11.3 Å². The summed E-state index contributed by atoms with van der Waals surface area (Å²) in [6, 6.07) is 3.76. The number of hydrogen-bond acceptors (Lipinski definition) is 9. The van der Waals surface area contributed by atoms with E-state index in [9.17, 15) is 9.90 Å². The van der Waals surface area contributed by atoms with Crippen molar-refractivity contribution in [1.82, 2.24) is 30.2 Å². The van der Waals surface area contributed by atoms with Gasteiger partial charge in [-0.2, -0.15) is 0 Å². The topological polar surface area (TPSA) is 128 Å². The highest BCUT2D eigenvalue weighted by molar-refractivity contribution is 7.15. The van der Waals surface area contributed by atoms with Crippen LogP contribution in [-0.2, 0) is 24.8 Å². The zero-order valence-electron chi connectivity index (χ0n) is 19.1. The number of aliphatic carboxylic acids is 1. The molecule has 0 amide bonds. The number of hydrogen-bond donors (Lipinski definition) is 2. The lowest BCUT2D eigenvalue weighted by atomic mass is 9.87. The summed E-state index contributed by atoms with van der Waals surface area (Å²) in [5, 5.41) is 31.3. The number of anilines is 1. The van der Waals surface area contributed by atoms with Crippen LogP contribution in [0, 0.1) is 12.8 Å². The van der Waals surface area contributed by atoms with E-state index in [-0.39, 0.29) is 12.0 Å². The highest BCUT2D eigenvalue weighted by Gasteiger charge is 2.28. The van der Waals surface area contributed by atoms with E-state index in [1.165, 1.54) is 0 Å². The van der Waals surface area contributed by atoms with Gasteiger partial charge in [-0.15, -0.1) is 15.3 Å². The number of aromatic nitrogens is 6. The Morgan fingerprint density at radius 1 is 1.30 bits per heavy atom. The van der Waals surface area contributed by atoms with Crippen LogP contribution in [0.4, 0.5) is 5.13 Å². The minimum absolute atomic E-state index is 0.105. The highest BCUT2D eigenvalue weighted by Crippen LogP contribution is 2.30. The Labute approximate surface area is 196 Å². The molecule has 0 bridgehead atoms. The molecule has 1 aliphatic rings. The van der Waals surface area contributed by atoms with Crippen molar-refractivity contribution in [2.45, 2.75) is 65.0 Å². The van der Waals surface area contributed by atoms with Gasteiger partial charge in [0.15, 0.2) is 0 Å². The lowest BCUT2D eigenvalue weighted by Crippen LogP contribution is -2.29. The fourth-order valence-electron chi connectivity index (χ4n) is 4.03. The van der Waals surface area contributed by atoms with Gasteiger partial charge in [-0.1, -0.05) is 23.5 Å². The van der Waals surface area contributed by atoms with Gasteiger partial charge in [0, 0.05) is 13.5 Å². The van der Waals surface area contributed by atoms with Crippen molar-refractivity contribution in [3.05, 3.63) is 28.5 Å². The monoisotopic (exact) mass is 471 g/mol. The molecule has 33 heavy (non-hydrogen) atoms. The first-order valence-electron chi connectivity index (χ1n) is 11.3. The molecule has 0 radical (unpaired) electrons. The van der Waals surface area contributed by atoms with Crippen molar-refractivity contribution in [2.75, 3.05) is 5.32 Å². The predicted octanol–water partition coefficient (Wildman–Crippen LogP) is 3.62. The van der Waals surface area contributed by atoms with Crippen molar-refractivity contribution < 1.29 is 14.6 Å². The first-order valence-corrected chi connectivity index (χ1v) is 12.1. The van der Waals surface area contributed by atoms with E-state index in [1.807, 2.05) is 26.1 Å². The van der Waals surface area contributed by atoms with Crippen LogP contribution in [0.1, 0.15) is 55.4 Å². The standard InChI is InChI=1S/C22H29N7O3S/c1-4-6-19-25-27-22(33-19)23-12-17-20(26-28-29(17)3)16-9-10-18(13(2)24-16)32-15-8-5-7-14(11-15)21(30)31/h9-10,14-15H,4-8,11-12H2,1-3H3,(H,23,27)(H,30,31)/t14-,15-/m0/s1. The molecular formula is C22H29N7O3S. The molecule has 0 saturated heterocycles. The molecule has 3 aromatic rings. The number of ether oxygens (including phenoxy) is 1. The molecule has 10 nitrogen and oxygen atoms in total. The molecule has 1 fully saturated rings. The molecule has 0 aliphatic heterocycles. The summed E-state index contributed by atoms with van der Waals surface area (Å²) >= 11 is 1.56. The first-order chi connectivity index (χ1) is 15.9. The zero-order valence-corrected chi connectivity index (χ0v) is 19.9. The lowest BCUT2D eigenvalue weighted by molar-refractivity contribution is -0.143. The van der Waals surface area contributed by atoms with E-state index in [0.29, 0.717) is 36.5 Å². The number of pyridine rings is 1. The second kappa shape index (κ2) is 10.2. The maximum atomic E-state index is 11.3. The van der Waals surface area contributed by atoms with E-state index in [2.05, 4.69) is 32.7 Å². The largest absolute Gasteiger partial charge is 0.489 e. The Kier molecular flexibility index (Phi) is 7.17. The normalized spacial score (nSPS) is 18.3. The third-order valence-corrected chi connectivity index (χ3v) is 6.77. The summed E-state index contributed by atoms with van der Waals surface area (Å²) in [5.74, 6) is -0.403. The van der Waals surface area contributed by atoms with Crippen LogP contribution in [0.25, 0.3) is 11.4 Å². The molecular weight excluding hydrogens is 442 g/mol. The van der Waals surface area contributed by atoms with Crippen molar-refractivity contribution in [1.29, 1.82) is 0 Å². The van der Waals surface area contributed by atoms with Crippen LogP contribution in [0.15, 0.2) is 12.1 Å². The fourth-order valence-corrected chi connectivity index (χ4v) is 4.87. The van der Waals surface area contributed by atoms with Crippen molar-refractivity contribution in [2.24, 2.45) is 13.0 Å². The summed E-state index contributed by atoms with van der Waals surface area (Å²) in [5.41, 5.74) is 3.03. The van der Waals surface area contributed by atoms with Crippen molar-refractivity contribution >= 4 is 22.4 Å². The van der Waals surface area contributed by atoms with E-state index in [1.54, 1.807) is 16.0 Å². The number of carboxylic acids is 1. The maximum Gasteiger partial charge on any atom is 0.306 e. The second-order valence-corrected chi connectivity index (χ2v) is 9.40. The zero-order chi connectivity index (χ0) is 23.4. The maximum absolute atomic E-state index is 11.3. The highest BCUT2D eigenvalue weighted by atomic mass is 32.1. The average molecular weight is 472 g/mol. The molecule has 0 unspecified atom stereocenters. The smallest absolute Gasteiger partial charge is 0.306 e. The van der Waals surface area contributed by atoms with Crippen LogP contribution < -0.4 is 10.1 Å². The van der Waals surface area contributed by atoms with Gasteiger partial charge < -0.3 is 15.2 Å². The van der Waals surface area contributed by atoms with Gasteiger partial charge >= 0.3 is 5.97 Å². The van der Waals surface area contributed by atoms with E-state index < -0.39 is 5.97 Å². The minimum atomic E-state index is -0.743. The molecule has 1 aliphatic carbocycles. The third-order valence-electron chi connectivity index (χ3n) is 5.83. The molecule has 3 aromatic heterocycles. The van der Waals surface area contributed by atoms with Crippen LogP contribution in [0.2, 0.25) is 0 Å². The Hall–Kier alpha value is -3.08. The van der Waals surface area contributed by atoms with Crippen LogP contribution in [0.5, 0.6) is 5.75 Å². The summed E-state index contributed by atoms with van der Waals surface area (Å²) in [6.07, 6.45) is 4.82. The molecule has 2 atom stereocenters. The van der Waals surface area contributed by atoms with Crippen molar-refractivity contribution in [3.8, 4) is 17.1 Å². The number of carbonyl (C=O) groups is 1. The van der Waals surface area contributed by atoms with Gasteiger partial charge in [-0.05, 0) is 51.2 Å². The van der Waals surface area contributed by atoms with Crippen LogP contribution in [-0.4, -0.2) is 47.4 Å². The third kappa shape index (κ3) is 5.47. The molecule has 176 valence electrons. The van der Waals surface area contributed by atoms with E-state index in [0.717, 1.165) is 47.2 Å². The summed E-state index contributed by atoms with van der Waals surface area (Å²) in [7, 11) is 1.85. The number of rotatable bonds is 9. The Morgan fingerprint density at radius 2 is 2.15 bits per heavy atom. The molecule has 3 heterocycles. The predicted molar refractivity (Wildman–Crippen MR) is 124 cm³/mol. The van der Waals surface area contributed by atoms with Crippen LogP contribution in [0.3, 0.4) is 0 Å². The summed E-state index contributed by atoms with van der Waals surface area (Å²) in [4.78, 5) is 16.0. The van der Waals surface area contributed by atoms with Crippen molar-refractivity contribution in [3.63, 3.8) is 0 Å². The molecule has 1 saturated carbocycles. The van der Waals surface area contributed by atoms with E-state index >= 15 is 0 Å². The average Bonchev–Trinajstić information content (AvgIpc) is 3.40. The fraction of sp³-hybridized carbons (Fsp3) is 0.545. The SMILES string of the molecule is CCCc1nnc(NCc2c(-c3ccc(O[C@H]4CCC[C@H](C(=O)O)C4)c(C)n3)nnn2C)s1. The quantitative estimate of drug-likeness (QED) is 0.481. The summed E-state index contributed by atoms with van der Waals surface area (Å²) < 4.78 is 7.86. The van der Waals surface area contributed by atoms with Gasteiger partial charge in [0.2, 0.25) is 5.13 Å². The Bertz CT molecular complexity index is 1110. The minimum Gasteiger partial charge on any atom is -0.489 e.